The van der Waals surface area contributed by atoms with Crippen molar-refractivity contribution in [1.29, 1.82) is 0 Å². The molecule has 9 nitrogen and oxygen atoms in total. The number of methoxy groups -OCH3 is 1. The summed E-state index contributed by atoms with van der Waals surface area (Å²) in [4.78, 5) is 53.2. The first-order valence-corrected chi connectivity index (χ1v) is 10.5. The number of ketones is 1. The molecule has 0 saturated carbocycles. The lowest BCUT2D eigenvalue weighted by molar-refractivity contribution is -0.135. The van der Waals surface area contributed by atoms with Crippen LogP contribution in [0.25, 0.3) is 21.9 Å². The molecule has 1 atom stereocenters. The first-order valence-electron chi connectivity index (χ1n) is 10.5. The Balaban J connectivity index is 1.91. The van der Waals surface area contributed by atoms with E-state index in [0.29, 0.717) is 22.2 Å². The largest absolute Gasteiger partial charge is 0.506 e. The molecule has 0 amide bonds. The second-order valence-corrected chi connectivity index (χ2v) is 8.21. The van der Waals surface area contributed by atoms with E-state index < -0.39 is 34.6 Å². The van der Waals surface area contributed by atoms with Gasteiger partial charge in [-0.1, -0.05) is 0 Å². The molecule has 0 spiro atoms. The van der Waals surface area contributed by atoms with E-state index in [4.69, 9.17) is 13.9 Å². The molecule has 0 fully saturated rings. The number of phenols is 1. The van der Waals surface area contributed by atoms with Crippen molar-refractivity contribution in [3.63, 3.8) is 0 Å². The number of H-pyrrole nitrogens is 1. The molecule has 0 radical (unpaired) electrons. The van der Waals surface area contributed by atoms with Gasteiger partial charge in [-0.2, -0.15) is 0 Å². The molecular weight excluding hydrogens is 442 g/mol. The van der Waals surface area contributed by atoms with Gasteiger partial charge in [0.2, 0.25) is 0 Å². The topological polar surface area (TPSA) is 136 Å². The van der Waals surface area contributed by atoms with Crippen molar-refractivity contribution in [1.82, 2.24) is 4.98 Å². The van der Waals surface area contributed by atoms with Crippen LogP contribution in [-0.4, -0.2) is 29.0 Å². The number of hydrogen-bond donors (Lipinski definition) is 2. The lowest BCUT2D eigenvalue weighted by Gasteiger charge is -2.27. The van der Waals surface area contributed by atoms with E-state index in [1.807, 2.05) is 0 Å². The molecule has 2 N–H and O–H groups in total. The SMILES string of the molecule is COc1ccc2[nH]c(=O)c([C@@H]3CC(=O)Oc4c(C(C)=O)c(O)c5c(C)cc(=O)oc5c43)cc2c1. The summed E-state index contributed by atoms with van der Waals surface area (Å²) in [6.07, 6.45) is -0.236. The molecule has 3 heterocycles. The minimum absolute atomic E-state index is 0.0369. The Morgan fingerprint density at radius 2 is 1.94 bits per heavy atom. The molecule has 0 bridgehead atoms. The summed E-state index contributed by atoms with van der Waals surface area (Å²) in [5.74, 6) is -2.23. The van der Waals surface area contributed by atoms with Gasteiger partial charge in [-0.05, 0) is 43.7 Å². The van der Waals surface area contributed by atoms with Crippen molar-refractivity contribution in [2.75, 3.05) is 7.11 Å². The summed E-state index contributed by atoms with van der Waals surface area (Å²) >= 11 is 0. The van der Waals surface area contributed by atoms with E-state index in [1.165, 1.54) is 20.1 Å². The molecule has 1 aliphatic heterocycles. The van der Waals surface area contributed by atoms with Crippen LogP contribution in [0.1, 0.15) is 46.3 Å². The molecule has 172 valence electrons. The monoisotopic (exact) mass is 461 g/mol. The molecule has 2 aromatic heterocycles. The number of Topliss-reactive ketones (excluding diaryl/α,β-unsaturated/α-hetero) is 1. The normalized spacial score (nSPS) is 15.3. The quantitative estimate of drug-likeness (QED) is 0.205. The number of fused-ring (bicyclic) bond motifs is 4. The average Bonchev–Trinajstić information content (AvgIpc) is 2.76. The molecule has 2 aromatic carbocycles. The number of aromatic nitrogens is 1. The molecule has 0 aliphatic carbocycles. The van der Waals surface area contributed by atoms with Crippen LogP contribution in [0.15, 0.2) is 44.3 Å². The van der Waals surface area contributed by atoms with Gasteiger partial charge < -0.3 is 24.0 Å². The fourth-order valence-corrected chi connectivity index (χ4v) is 4.59. The number of carbonyl (C=O) groups excluding carboxylic acids is 2. The van der Waals surface area contributed by atoms with Crippen LogP contribution in [0.3, 0.4) is 0 Å². The maximum Gasteiger partial charge on any atom is 0.336 e. The van der Waals surface area contributed by atoms with Gasteiger partial charge in [0.1, 0.15) is 22.6 Å². The number of benzene rings is 2. The van der Waals surface area contributed by atoms with E-state index in [-0.39, 0.29) is 39.8 Å². The highest BCUT2D eigenvalue weighted by atomic mass is 16.5. The molecule has 0 unspecified atom stereocenters. The minimum Gasteiger partial charge on any atom is -0.506 e. The molecular formula is C25H19NO8. The van der Waals surface area contributed by atoms with Gasteiger partial charge in [-0.15, -0.1) is 0 Å². The molecule has 34 heavy (non-hydrogen) atoms. The Bertz CT molecular complexity index is 1660. The summed E-state index contributed by atoms with van der Waals surface area (Å²) in [5.41, 5.74) is -0.0479. The minimum atomic E-state index is -0.901. The molecule has 1 aliphatic rings. The number of esters is 1. The van der Waals surface area contributed by atoms with Crippen LogP contribution in [0.4, 0.5) is 0 Å². The number of aryl methyl sites for hydroxylation is 1. The van der Waals surface area contributed by atoms with E-state index in [9.17, 15) is 24.3 Å². The number of rotatable bonds is 3. The van der Waals surface area contributed by atoms with Crippen molar-refractivity contribution in [3.05, 3.63) is 73.4 Å². The summed E-state index contributed by atoms with van der Waals surface area (Å²) in [6.45, 7) is 2.82. The fourth-order valence-electron chi connectivity index (χ4n) is 4.59. The Morgan fingerprint density at radius 3 is 2.65 bits per heavy atom. The van der Waals surface area contributed by atoms with Gasteiger partial charge >= 0.3 is 11.6 Å². The number of nitrogens with one attached hydrogen (secondary N) is 1. The predicted molar refractivity (Wildman–Crippen MR) is 122 cm³/mol. The Kier molecular flexibility index (Phi) is 4.78. The summed E-state index contributed by atoms with van der Waals surface area (Å²) in [5, 5.41) is 11.7. The van der Waals surface area contributed by atoms with Gasteiger partial charge in [0.15, 0.2) is 11.5 Å². The molecule has 4 aromatic rings. The van der Waals surface area contributed by atoms with Crippen molar-refractivity contribution in [2.24, 2.45) is 0 Å². The van der Waals surface area contributed by atoms with E-state index in [2.05, 4.69) is 4.98 Å². The van der Waals surface area contributed by atoms with Crippen molar-refractivity contribution < 1.29 is 28.6 Å². The van der Waals surface area contributed by atoms with Crippen LogP contribution in [0.2, 0.25) is 0 Å². The predicted octanol–water partition coefficient (Wildman–Crippen LogP) is 3.30. The standard InChI is InChI=1S/C25H19NO8/c1-10-6-17(28)33-23-19(10)22(30)20(11(2)27)24-21(23)14(9-18(29)34-24)15-8-12-7-13(32-3)4-5-16(12)26-25(15)31/h4-8,14,30H,9H2,1-3H3,(H,26,31)/t14-/m0/s1. The van der Waals surface area contributed by atoms with Crippen LogP contribution in [-0.2, 0) is 4.79 Å². The van der Waals surface area contributed by atoms with Gasteiger partial charge in [0.05, 0.1) is 18.9 Å². The highest BCUT2D eigenvalue weighted by Gasteiger charge is 2.38. The zero-order valence-corrected chi connectivity index (χ0v) is 18.5. The Morgan fingerprint density at radius 1 is 1.18 bits per heavy atom. The first kappa shape index (κ1) is 21.4. The number of carbonyl (C=O) groups is 2. The third-order valence-corrected chi connectivity index (χ3v) is 6.09. The van der Waals surface area contributed by atoms with Gasteiger partial charge in [-0.3, -0.25) is 14.4 Å². The second kappa shape index (κ2) is 7.58. The molecule has 0 saturated heterocycles. The number of aromatic amines is 1. The van der Waals surface area contributed by atoms with Crippen molar-refractivity contribution in [2.45, 2.75) is 26.2 Å². The number of hydrogen-bond acceptors (Lipinski definition) is 8. The number of phenolic OH excluding ortho intramolecular Hbond substituents is 1. The van der Waals surface area contributed by atoms with Crippen LogP contribution >= 0.6 is 0 Å². The maximum absolute atomic E-state index is 13.1. The second-order valence-electron chi connectivity index (χ2n) is 8.21. The zero-order chi connectivity index (χ0) is 24.3. The number of ether oxygens (including phenoxy) is 2. The number of pyridine rings is 1. The zero-order valence-electron chi connectivity index (χ0n) is 18.5. The van der Waals surface area contributed by atoms with Gasteiger partial charge in [-0.25, -0.2) is 4.79 Å². The summed E-state index contributed by atoms with van der Waals surface area (Å²) in [6, 6.07) is 7.96. The van der Waals surface area contributed by atoms with E-state index >= 15 is 0 Å². The van der Waals surface area contributed by atoms with Crippen molar-refractivity contribution >= 4 is 33.6 Å². The maximum atomic E-state index is 13.1. The van der Waals surface area contributed by atoms with E-state index in [1.54, 1.807) is 31.2 Å². The fraction of sp³-hybridized carbons (Fsp3) is 0.200. The smallest absolute Gasteiger partial charge is 0.336 e. The lowest BCUT2D eigenvalue weighted by Crippen LogP contribution is -2.27. The molecule has 5 rings (SSSR count). The Labute approximate surface area is 191 Å². The van der Waals surface area contributed by atoms with Crippen LogP contribution in [0, 0.1) is 6.92 Å². The molecule has 9 heteroatoms. The van der Waals surface area contributed by atoms with Gasteiger partial charge in [0, 0.05) is 34.0 Å². The Hall–Kier alpha value is -4.40. The van der Waals surface area contributed by atoms with Crippen molar-refractivity contribution in [3.8, 4) is 17.2 Å². The third-order valence-electron chi connectivity index (χ3n) is 6.09. The van der Waals surface area contributed by atoms with Gasteiger partial charge in [0.25, 0.3) is 5.56 Å². The first-order chi connectivity index (χ1) is 16.2. The highest BCUT2D eigenvalue weighted by Crippen LogP contribution is 2.49. The van der Waals surface area contributed by atoms with Crippen LogP contribution < -0.4 is 20.7 Å². The average molecular weight is 461 g/mol. The lowest BCUT2D eigenvalue weighted by atomic mass is 9.83. The third kappa shape index (κ3) is 3.16. The highest BCUT2D eigenvalue weighted by molar-refractivity contribution is 6.09. The summed E-state index contributed by atoms with van der Waals surface area (Å²) in [7, 11) is 1.52. The summed E-state index contributed by atoms with van der Waals surface area (Å²) < 4.78 is 16.1. The number of aromatic hydroxyl groups is 1. The van der Waals surface area contributed by atoms with Crippen LogP contribution in [0.5, 0.6) is 17.2 Å². The van der Waals surface area contributed by atoms with E-state index in [0.717, 1.165) is 0 Å².